The molecule has 0 bridgehead atoms. The van der Waals surface area contributed by atoms with Crippen LogP contribution in [0.3, 0.4) is 0 Å². The molecular formula is C20H21N3O3S2. The SMILES string of the molecule is C=CCn1c(SCC(=O)Nc2ccccc2OC)nc2sc(C)c(C)c2c1=O. The molecule has 0 fully saturated rings. The van der Waals surface area contributed by atoms with Gasteiger partial charge >= 0.3 is 0 Å². The normalized spacial score (nSPS) is 10.8. The number of para-hydroxylation sites is 2. The summed E-state index contributed by atoms with van der Waals surface area (Å²) in [4.78, 5) is 31.8. The van der Waals surface area contributed by atoms with E-state index in [9.17, 15) is 9.59 Å². The molecule has 0 spiro atoms. The number of thioether (sulfide) groups is 1. The number of methoxy groups -OCH3 is 1. The summed E-state index contributed by atoms with van der Waals surface area (Å²) < 4.78 is 6.81. The number of thiophene rings is 1. The highest BCUT2D eigenvalue weighted by atomic mass is 32.2. The van der Waals surface area contributed by atoms with Crippen LogP contribution in [0.4, 0.5) is 5.69 Å². The zero-order valence-electron chi connectivity index (χ0n) is 15.9. The molecule has 0 unspecified atom stereocenters. The van der Waals surface area contributed by atoms with Crippen LogP contribution < -0.4 is 15.6 Å². The predicted molar refractivity (Wildman–Crippen MR) is 116 cm³/mol. The average molecular weight is 416 g/mol. The van der Waals surface area contributed by atoms with Gasteiger partial charge < -0.3 is 10.1 Å². The quantitative estimate of drug-likeness (QED) is 0.359. The number of aryl methyl sites for hydroxylation is 2. The van der Waals surface area contributed by atoms with E-state index in [1.165, 1.54) is 23.1 Å². The van der Waals surface area contributed by atoms with Crippen LogP contribution in [-0.4, -0.2) is 28.3 Å². The van der Waals surface area contributed by atoms with Crippen LogP contribution in [0, 0.1) is 13.8 Å². The van der Waals surface area contributed by atoms with E-state index in [2.05, 4.69) is 16.9 Å². The first-order chi connectivity index (χ1) is 13.5. The second-order valence-corrected chi connectivity index (χ2v) is 8.25. The van der Waals surface area contributed by atoms with Crippen LogP contribution in [0.15, 0.2) is 46.9 Å². The molecule has 28 heavy (non-hydrogen) atoms. The van der Waals surface area contributed by atoms with Gasteiger partial charge in [-0.3, -0.25) is 14.2 Å². The molecule has 146 valence electrons. The van der Waals surface area contributed by atoms with Gasteiger partial charge in [-0.25, -0.2) is 4.98 Å². The van der Waals surface area contributed by atoms with Gasteiger partial charge in [0.1, 0.15) is 10.6 Å². The smallest absolute Gasteiger partial charge is 0.263 e. The number of allylic oxidation sites excluding steroid dienone is 1. The third-order valence-corrected chi connectivity index (χ3v) is 6.36. The summed E-state index contributed by atoms with van der Waals surface area (Å²) in [5, 5.41) is 3.98. The number of hydrogen-bond acceptors (Lipinski definition) is 6. The molecule has 0 saturated carbocycles. The Kier molecular flexibility index (Phi) is 6.21. The monoisotopic (exact) mass is 415 g/mol. The molecule has 1 N–H and O–H groups in total. The molecular weight excluding hydrogens is 394 g/mol. The molecule has 1 aromatic carbocycles. The van der Waals surface area contributed by atoms with Crippen molar-refractivity contribution < 1.29 is 9.53 Å². The van der Waals surface area contributed by atoms with E-state index in [-0.39, 0.29) is 17.2 Å². The van der Waals surface area contributed by atoms with Crippen LogP contribution in [0.5, 0.6) is 5.75 Å². The molecule has 1 amide bonds. The fourth-order valence-electron chi connectivity index (χ4n) is 2.77. The molecule has 3 aromatic rings. The number of ether oxygens (including phenoxy) is 1. The highest BCUT2D eigenvalue weighted by Gasteiger charge is 2.17. The van der Waals surface area contributed by atoms with Crippen LogP contribution in [0.1, 0.15) is 10.4 Å². The number of anilines is 1. The number of carbonyl (C=O) groups is 1. The lowest BCUT2D eigenvalue weighted by molar-refractivity contribution is -0.113. The minimum absolute atomic E-state index is 0.0978. The van der Waals surface area contributed by atoms with Crippen LogP contribution >= 0.6 is 23.1 Å². The maximum absolute atomic E-state index is 12.9. The Morgan fingerprint density at radius 2 is 2.14 bits per heavy atom. The molecule has 8 heteroatoms. The van der Waals surface area contributed by atoms with Crippen LogP contribution in [0.2, 0.25) is 0 Å². The molecule has 0 atom stereocenters. The second-order valence-electron chi connectivity index (χ2n) is 6.10. The topological polar surface area (TPSA) is 73.2 Å². The lowest BCUT2D eigenvalue weighted by Gasteiger charge is -2.11. The fraction of sp³-hybridized carbons (Fsp3) is 0.250. The molecule has 6 nitrogen and oxygen atoms in total. The van der Waals surface area contributed by atoms with Crippen molar-refractivity contribution in [2.75, 3.05) is 18.2 Å². The number of carbonyl (C=O) groups excluding carboxylic acids is 1. The molecule has 3 rings (SSSR count). The second kappa shape index (κ2) is 8.62. The number of hydrogen-bond donors (Lipinski definition) is 1. The van der Waals surface area contributed by atoms with Gasteiger partial charge in [-0.05, 0) is 31.5 Å². The van der Waals surface area contributed by atoms with Crippen molar-refractivity contribution in [3.05, 3.63) is 57.7 Å². The summed E-state index contributed by atoms with van der Waals surface area (Å²) in [6.07, 6.45) is 1.66. The molecule has 2 heterocycles. The van der Waals surface area contributed by atoms with Crippen molar-refractivity contribution in [3.8, 4) is 5.75 Å². The van der Waals surface area contributed by atoms with Crippen LogP contribution in [-0.2, 0) is 11.3 Å². The van der Waals surface area contributed by atoms with Gasteiger partial charge in [0.25, 0.3) is 5.56 Å². The van der Waals surface area contributed by atoms with E-state index in [1.54, 1.807) is 29.9 Å². The Bertz CT molecular complexity index is 1100. The minimum Gasteiger partial charge on any atom is -0.495 e. The first-order valence-electron chi connectivity index (χ1n) is 8.63. The number of nitrogens with one attached hydrogen (secondary N) is 1. The molecule has 0 radical (unpaired) electrons. The molecule has 0 aliphatic heterocycles. The summed E-state index contributed by atoms with van der Waals surface area (Å²) in [5.74, 6) is 0.511. The number of rotatable bonds is 7. The summed E-state index contributed by atoms with van der Waals surface area (Å²) in [5.41, 5.74) is 1.46. The summed E-state index contributed by atoms with van der Waals surface area (Å²) in [6, 6.07) is 7.21. The fourth-order valence-corrected chi connectivity index (χ4v) is 4.65. The van der Waals surface area contributed by atoms with Gasteiger partial charge in [0, 0.05) is 11.4 Å². The van der Waals surface area contributed by atoms with Gasteiger partial charge in [0.05, 0.1) is 23.9 Å². The Hall–Kier alpha value is -2.58. The Morgan fingerprint density at radius 1 is 1.39 bits per heavy atom. The summed E-state index contributed by atoms with van der Waals surface area (Å²) in [6.45, 7) is 7.98. The van der Waals surface area contributed by atoms with E-state index in [4.69, 9.17) is 4.74 Å². The first kappa shape index (κ1) is 20.2. The van der Waals surface area contributed by atoms with Crippen molar-refractivity contribution in [2.24, 2.45) is 0 Å². The molecule has 0 aliphatic rings. The van der Waals surface area contributed by atoms with E-state index in [1.807, 2.05) is 26.0 Å². The van der Waals surface area contributed by atoms with E-state index in [0.29, 0.717) is 33.4 Å². The maximum atomic E-state index is 12.9. The number of amides is 1. The average Bonchev–Trinajstić information content (AvgIpc) is 2.97. The number of benzene rings is 1. The number of fused-ring (bicyclic) bond motifs is 1. The molecule has 2 aromatic heterocycles. The molecule has 0 aliphatic carbocycles. The van der Waals surface area contributed by atoms with Crippen molar-refractivity contribution in [1.29, 1.82) is 0 Å². The van der Waals surface area contributed by atoms with Crippen molar-refractivity contribution in [1.82, 2.24) is 9.55 Å². The maximum Gasteiger partial charge on any atom is 0.263 e. The summed E-state index contributed by atoms with van der Waals surface area (Å²) >= 11 is 2.72. The van der Waals surface area contributed by atoms with Gasteiger partial charge in [-0.15, -0.1) is 17.9 Å². The minimum atomic E-state index is -0.201. The van der Waals surface area contributed by atoms with Gasteiger partial charge in [0.2, 0.25) is 5.91 Å². The number of aromatic nitrogens is 2. The Balaban J connectivity index is 1.85. The highest BCUT2D eigenvalue weighted by Crippen LogP contribution is 2.29. The lowest BCUT2D eigenvalue weighted by atomic mass is 10.2. The highest BCUT2D eigenvalue weighted by molar-refractivity contribution is 7.99. The van der Waals surface area contributed by atoms with Crippen molar-refractivity contribution in [2.45, 2.75) is 25.5 Å². The zero-order chi connectivity index (χ0) is 20.3. The van der Waals surface area contributed by atoms with Crippen LogP contribution in [0.25, 0.3) is 10.2 Å². The summed E-state index contributed by atoms with van der Waals surface area (Å²) in [7, 11) is 1.55. The number of nitrogens with zero attached hydrogens (tertiary/aromatic N) is 2. The predicted octanol–water partition coefficient (Wildman–Crippen LogP) is 4.00. The zero-order valence-corrected chi connectivity index (χ0v) is 17.6. The first-order valence-corrected chi connectivity index (χ1v) is 10.4. The van der Waals surface area contributed by atoms with Gasteiger partial charge in [-0.1, -0.05) is 30.0 Å². The Labute approximate surface area is 171 Å². The molecule has 0 saturated heterocycles. The van der Waals surface area contributed by atoms with E-state index >= 15 is 0 Å². The van der Waals surface area contributed by atoms with Crippen molar-refractivity contribution in [3.63, 3.8) is 0 Å². The van der Waals surface area contributed by atoms with Gasteiger partial charge in [-0.2, -0.15) is 0 Å². The van der Waals surface area contributed by atoms with E-state index in [0.717, 1.165) is 10.4 Å². The largest absolute Gasteiger partial charge is 0.495 e. The Morgan fingerprint density at radius 3 is 2.86 bits per heavy atom. The standard InChI is InChI=1S/C20H21N3O3S2/c1-5-10-23-19(25)17-12(2)13(3)28-18(17)22-20(23)27-11-16(24)21-14-8-6-7-9-15(14)26-4/h5-9H,1,10-11H2,2-4H3,(H,21,24). The lowest BCUT2D eigenvalue weighted by Crippen LogP contribution is -2.23. The van der Waals surface area contributed by atoms with Gasteiger partial charge in [0.15, 0.2) is 5.16 Å². The van der Waals surface area contributed by atoms with E-state index < -0.39 is 0 Å². The third kappa shape index (κ3) is 3.98. The third-order valence-electron chi connectivity index (χ3n) is 4.28. The van der Waals surface area contributed by atoms with Crippen molar-refractivity contribution >= 4 is 44.9 Å².